The normalized spacial score (nSPS) is 11.8. The third-order valence-electron chi connectivity index (χ3n) is 2.35. The monoisotopic (exact) mass is 260 g/mol. The molecule has 2 aromatic rings. The average Bonchev–Trinajstić information content (AvgIpc) is 2.61. The molecule has 0 unspecified atom stereocenters. The van der Waals surface area contributed by atoms with Gasteiger partial charge >= 0.3 is 6.98 Å². The molecule has 7 heteroatoms. The van der Waals surface area contributed by atoms with Crippen LogP contribution in [0.3, 0.4) is 0 Å². The van der Waals surface area contributed by atoms with Gasteiger partial charge in [-0.2, -0.15) is 0 Å². The topological polar surface area (TPSA) is 26.0 Å². The van der Waals surface area contributed by atoms with Crippen LogP contribution in [0.1, 0.15) is 5.76 Å². The lowest BCUT2D eigenvalue weighted by atomic mass is 9.77. The van der Waals surface area contributed by atoms with E-state index in [9.17, 15) is 12.9 Å². The molecule has 1 aromatic carbocycles. The molecule has 0 amide bonds. The van der Waals surface area contributed by atoms with Gasteiger partial charge in [-0.1, -0.05) is 28.9 Å². The predicted octanol–water partition coefficient (Wildman–Crippen LogP) is 3.36. The fourth-order valence-corrected chi connectivity index (χ4v) is 1.71. The van der Waals surface area contributed by atoms with Crippen LogP contribution in [-0.2, 0) is 0 Å². The number of hydrogen-bond donors (Lipinski definition) is 0. The second-order valence-corrected chi connectivity index (χ2v) is 4.02. The summed E-state index contributed by atoms with van der Waals surface area (Å²) in [7, 11) is 0. The van der Waals surface area contributed by atoms with Crippen LogP contribution >= 0.6 is 11.6 Å². The van der Waals surface area contributed by atoms with E-state index < -0.39 is 12.4 Å². The van der Waals surface area contributed by atoms with E-state index in [-0.39, 0.29) is 11.5 Å². The summed E-state index contributed by atoms with van der Waals surface area (Å²) < 4.78 is 43.2. The Hall–Kier alpha value is -1.43. The number of halogens is 4. The van der Waals surface area contributed by atoms with Crippen molar-refractivity contribution in [2.24, 2.45) is 0 Å². The first kappa shape index (κ1) is 12.0. The molecule has 1 heterocycles. The fourth-order valence-electron chi connectivity index (χ4n) is 1.58. The summed E-state index contributed by atoms with van der Waals surface area (Å²) in [5.41, 5.74) is -0.639. The Balaban J connectivity index is 2.57. The highest BCUT2D eigenvalue weighted by Gasteiger charge is 2.34. The van der Waals surface area contributed by atoms with Gasteiger partial charge in [-0.15, -0.1) is 0 Å². The lowest BCUT2D eigenvalue weighted by Gasteiger charge is -2.14. The molecule has 17 heavy (non-hydrogen) atoms. The van der Waals surface area contributed by atoms with E-state index >= 15 is 0 Å². The number of aromatic nitrogens is 1. The molecule has 2 rings (SSSR count). The highest BCUT2D eigenvalue weighted by molar-refractivity contribution is 6.75. The molecule has 0 saturated heterocycles. The molecule has 0 aliphatic carbocycles. The van der Waals surface area contributed by atoms with E-state index in [1.807, 2.05) is 0 Å². The van der Waals surface area contributed by atoms with Gasteiger partial charge in [0, 0.05) is 10.6 Å². The first-order valence-corrected chi connectivity index (χ1v) is 5.19. The Kier molecular flexibility index (Phi) is 2.91. The summed E-state index contributed by atoms with van der Waals surface area (Å²) in [6.07, 6.45) is 0. The van der Waals surface area contributed by atoms with Gasteiger partial charge in [0.05, 0.1) is 5.69 Å². The van der Waals surface area contributed by atoms with Crippen LogP contribution in [0.4, 0.5) is 12.9 Å². The highest BCUT2D eigenvalue weighted by Crippen LogP contribution is 2.24. The van der Waals surface area contributed by atoms with Crippen molar-refractivity contribution < 1.29 is 17.5 Å². The number of benzene rings is 1. The van der Waals surface area contributed by atoms with E-state index in [0.717, 1.165) is 0 Å². The minimum Gasteiger partial charge on any atom is -0.445 e. The van der Waals surface area contributed by atoms with Crippen LogP contribution in [0.15, 0.2) is 28.8 Å². The van der Waals surface area contributed by atoms with Crippen molar-refractivity contribution in [2.75, 3.05) is 0 Å². The molecular weight excluding hydrogens is 253 g/mol. The maximum Gasteiger partial charge on any atom is 0.515 e. The molecule has 0 N–H and O–H groups in total. The largest absolute Gasteiger partial charge is 0.515 e. The molecule has 0 radical (unpaired) electrons. The molecule has 1 aromatic heterocycles. The maximum absolute atomic E-state index is 12.8. The molecule has 90 valence electrons. The molecule has 0 aliphatic rings. The number of hydrogen-bond acceptors (Lipinski definition) is 2. The summed E-state index contributed by atoms with van der Waals surface area (Å²) in [5, 5.41) is 3.91. The first-order chi connectivity index (χ1) is 7.89. The standard InChI is InChI=1S/C10H7BClF3NO/c1-6-9(11(13,14)15)10(16-17-6)7-2-4-8(12)5-3-7/h2-5H,1H3/q-1. The van der Waals surface area contributed by atoms with Gasteiger partial charge in [-0.05, 0) is 24.5 Å². The van der Waals surface area contributed by atoms with Crippen molar-refractivity contribution in [3.63, 3.8) is 0 Å². The minimum absolute atomic E-state index is 0.188. The number of rotatable bonds is 2. The van der Waals surface area contributed by atoms with Crippen LogP contribution in [0, 0.1) is 6.92 Å². The quantitative estimate of drug-likeness (QED) is 0.774. The Morgan fingerprint density at radius 3 is 2.29 bits per heavy atom. The van der Waals surface area contributed by atoms with Gasteiger partial charge in [0.25, 0.3) is 0 Å². The van der Waals surface area contributed by atoms with E-state index in [1.54, 1.807) is 0 Å². The summed E-state index contributed by atoms with van der Waals surface area (Å²) in [4.78, 5) is 0. The summed E-state index contributed by atoms with van der Waals surface area (Å²) >= 11 is 5.67. The van der Waals surface area contributed by atoms with Crippen LogP contribution in [0.5, 0.6) is 0 Å². The molecule has 0 spiro atoms. The molecule has 2 nitrogen and oxygen atoms in total. The van der Waals surface area contributed by atoms with Crippen LogP contribution < -0.4 is 5.46 Å². The van der Waals surface area contributed by atoms with Gasteiger partial charge in [-0.3, -0.25) is 0 Å². The Labute approximate surface area is 100 Å². The van der Waals surface area contributed by atoms with E-state index in [2.05, 4.69) is 9.68 Å². The average molecular weight is 260 g/mol. The first-order valence-electron chi connectivity index (χ1n) is 4.81. The smallest absolute Gasteiger partial charge is 0.445 e. The number of nitrogens with zero attached hydrogens (tertiary/aromatic N) is 1. The van der Waals surface area contributed by atoms with Crippen molar-refractivity contribution in [3.05, 3.63) is 35.0 Å². The van der Waals surface area contributed by atoms with Crippen LogP contribution in [0.2, 0.25) is 5.02 Å². The molecule has 0 atom stereocenters. The van der Waals surface area contributed by atoms with E-state index in [4.69, 9.17) is 11.6 Å². The highest BCUT2D eigenvalue weighted by atomic mass is 35.5. The molecule has 0 fully saturated rings. The molecule has 0 aliphatic heterocycles. The van der Waals surface area contributed by atoms with E-state index in [1.165, 1.54) is 31.2 Å². The van der Waals surface area contributed by atoms with Gasteiger partial charge < -0.3 is 17.5 Å². The van der Waals surface area contributed by atoms with E-state index in [0.29, 0.717) is 10.6 Å². The minimum atomic E-state index is -5.15. The summed E-state index contributed by atoms with van der Waals surface area (Å²) in [6.45, 7) is -3.90. The second kappa shape index (κ2) is 4.11. The zero-order valence-corrected chi connectivity index (χ0v) is 9.51. The molecule has 0 saturated carbocycles. The Morgan fingerprint density at radius 2 is 1.76 bits per heavy atom. The maximum atomic E-state index is 12.8. The van der Waals surface area contributed by atoms with Gasteiger partial charge in [-0.25, -0.2) is 0 Å². The predicted molar refractivity (Wildman–Crippen MR) is 60.4 cm³/mol. The van der Waals surface area contributed by atoms with Crippen molar-refractivity contribution >= 4 is 24.0 Å². The second-order valence-electron chi connectivity index (χ2n) is 3.58. The summed E-state index contributed by atoms with van der Waals surface area (Å²) in [5.74, 6) is -0.220. The van der Waals surface area contributed by atoms with Gasteiger partial charge in [0.2, 0.25) is 0 Å². The van der Waals surface area contributed by atoms with Crippen molar-refractivity contribution in [3.8, 4) is 11.3 Å². The number of aryl methyl sites for hydroxylation is 1. The van der Waals surface area contributed by atoms with Crippen molar-refractivity contribution in [1.82, 2.24) is 5.16 Å². The Bertz CT molecular complexity index is 535. The lowest BCUT2D eigenvalue weighted by molar-refractivity contribution is 0.399. The molecular formula is C10H7BClF3NO-. The van der Waals surface area contributed by atoms with Crippen LogP contribution in [-0.4, -0.2) is 12.1 Å². The Morgan fingerprint density at radius 1 is 1.18 bits per heavy atom. The fraction of sp³-hybridized carbons (Fsp3) is 0.100. The SMILES string of the molecule is Cc1onc(-c2ccc(Cl)cc2)c1[B-](F)(F)F. The third kappa shape index (κ3) is 2.31. The van der Waals surface area contributed by atoms with Gasteiger partial charge in [0.1, 0.15) is 5.76 Å². The van der Waals surface area contributed by atoms with Crippen LogP contribution in [0.25, 0.3) is 11.3 Å². The van der Waals surface area contributed by atoms with Crippen molar-refractivity contribution in [2.45, 2.75) is 6.92 Å². The van der Waals surface area contributed by atoms with Crippen molar-refractivity contribution in [1.29, 1.82) is 0 Å². The van der Waals surface area contributed by atoms with Gasteiger partial charge in [0.15, 0.2) is 0 Å². The lowest BCUT2D eigenvalue weighted by Crippen LogP contribution is -2.36. The molecule has 0 bridgehead atoms. The zero-order valence-electron chi connectivity index (χ0n) is 8.75. The summed E-state index contributed by atoms with van der Waals surface area (Å²) in [6, 6.07) is 5.97. The third-order valence-corrected chi connectivity index (χ3v) is 2.61. The zero-order chi connectivity index (χ0) is 12.6.